The topological polar surface area (TPSA) is 87.3 Å². The Morgan fingerprint density at radius 2 is 2.07 bits per heavy atom. The van der Waals surface area contributed by atoms with Gasteiger partial charge in [0.1, 0.15) is 11.6 Å². The number of hydrogen-bond acceptors (Lipinski definition) is 4. The second kappa shape index (κ2) is 6.71. The summed E-state index contributed by atoms with van der Waals surface area (Å²) in [5.74, 6) is -0.637. The van der Waals surface area contributed by atoms with E-state index in [2.05, 4.69) is 15.5 Å². The summed E-state index contributed by atoms with van der Waals surface area (Å²) in [6, 6.07) is 11.5. The van der Waals surface area contributed by atoms with Gasteiger partial charge in [-0.1, -0.05) is 6.07 Å². The summed E-state index contributed by atoms with van der Waals surface area (Å²) >= 11 is 0. The normalized spacial score (nSPS) is 16.7. The molecule has 1 saturated heterocycles. The molecule has 7 nitrogen and oxygen atoms in total. The fourth-order valence-corrected chi connectivity index (χ4v) is 3.22. The van der Waals surface area contributed by atoms with Gasteiger partial charge in [-0.3, -0.25) is 19.6 Å². The number of halogens is 1. The molecule has 2 heterocycles. The maximum atomic E-state index is 14.2. The second-order valence-electron chi connectivity index (χ2n) is 6.33. The summed E-state index contributed by atoms with van der Waals surface area (Å²) in [4.78, 5) is 26.3. The third-order valence-electron chi connectivity index (χ3n) is 4.63. The monoisotopic (exact) mass is 368 g/mol. The van der Waals surface area contributed by atoms with E-state index in [1.165, 1.54) is 11.0 Å². The number of nitrogens with one attached hydrogen (secondary N) is 2. The van der Waals surface area contributed by atoms with Crippen LogP contribution in [-0.2, 0) is 9.59 Å². The first kappa shape index (κ1) is 17.0. The molecule has 1 aliphatic rings. The smallest absolute Gasteiger partial charge is 0.229 e. The summed E-state index contributed by atoms with van der Waals surface area (Å²) < 4.78 is 19.3. The first-order chi connectivity index (χ1) is 13.1. The number of benzene rings is 2. The van der Waals surface area contributed by atoms with Crippen LogP contribution in [0.2, 0.25) is 0 Å². The molecule has 138 valence electrons. The van der Waals surface area contributed by atoms with E-state index in [1.807, 2.05) is 0 Å². The van der Waals surface area contributed by atoms with Crippen molar-refractivity contribution in [1.29, 1.82) is 0 Å². The van der Waals surface area contributed by atoms with E-state index >= 15 is 0 Å². The highest BCUT2D eigenvalue weighted by molar-refractivity contribution is 6.07. The van der Waals surface area contributed by atoms with Crippen LogP contribution in [0.3, 0.4) is 0 Å². The summed E-state index contributed by atoms with van der Waals surface area (Å²) in [6.45, 7) is 0.148. The van der Waals surface area contributed by atoms with Crippen molar-refractivity contribution >= 4 is 34.2 Å². The van der Waals surface area contributed by atoms with Crippen LogP contribution in [-0.4, -0.2) is 35.7 Å². The van der Waals surface area contributed by atoms with Gasteiger partial charge in [-0.15, -0.1) is 0 Å². The number of fused-ring (bicyclic) bond motifs is 1. The Hall–Kier alpha value is -3.42. The number of hydrogen-bond donors (Lipinski definition) is 2. The highest BCUT2D eigenvalue weighted by Crippen LogP contribution is 2.31. The molecule has 4 rings (SSSR count). The van der Waals surface area contributed by atoms with Gasteiger partial charge in [-0.05, 0) is 36.4 Å². The molecule has 3 aromatic rings. The predicted molar refractivity (Wildman–Crippen MR) is 98.1 cm³/mol. The zero-order valence-electron chi connectivity index (χ0n) is 14.5. The van der Waals surface area contributed by atoms with Gasteiger partial charge in [0.25, 0.3) is 0 Å². The number of aromatic nitrogens is 2. The summed E-state index contributed by atoms with van der Waals surface area (Å²) in [5, 5.41) is 9.85. The van der Waals surface area contributed by atoms with Gasteiger partial charge in [0.05, 0.1) is 23.9 Å². The third kappa shape index (κ3) is 3.10. The number of carbonyl (C=O) groups is 2. The van der Waals surface area contributed by atoms with Gasteiger partial charge < -0.3 is 10.1 Å². The molecule has 2 aromatic carbocycles. The van der Waals surface area contributed by atoms with Gasteiger partial charge in [-0.25, -0.2) is 4.39 Å². The second-order valence-corrected chi connectivity index (χ2v) is 6.33. The lowest BCUT2D eigenvalue weighted by atomic mass is 10.1. The van der Waals surface area contributed by atoms with Gasteiger partial charge in [0.2, 0.25) is 11.8 Å². The van der Waals surface area contributed by atoms with E-state index in [0.717, 1.165) is 0 Å². The lowest BCUT2D eigenvalue weighted by Crippen LogP contribution is -2.28. The minimum Gasteiger partial charge on any atom is -0.497 e. The van der Waals surface area contributed by atoms with Crippen molar-refractivity contribution in [2.24, 2.45) is 5.92 Å². The van der Waals surface area contributed by atoms with Crippen LogP contribution >= 0.6 is 0 Å². The molecule has 1 fully saturated rings. The van der Waals surface area contributed by atoms with E-state index in [0.29, 0.717) is 17.0 Å². The molecular formula is C19H17FN4O3. The molecule has 0 spiro atoms. The average Bonchev–Trinajstić information content (AvgIpc) is 3.26. The molecular weight excluding hydrogens is 351 g/mol. The Morgan fingerprint density at radius 1 is 1.30 bits per heavy atom. The fraction of sp³-hybridized carbons (Fsp3) is 0.211. The average molecular weight is 368 g/mol. The summed E-state index contributed by atoms with van der Waals surface area (Å²) in [6.07, 6.45) is 0.0464. The molecule has 27 heavy (non-hydrogen) atoms. The van der Waals surface area contributed by atoms with Crippen molar-refractivity contribution in [2.45, 2.75) is 6.42 Å². The molecule has 1 aliphatic heterocycles. The number of methoxy groups -OCH3 is 1. The molecule has 0 bridgehead atoms. The maximum Gasteiger partial charge on any atom is 0.229 e. The highest BCUT2D eigenvalue weighted by atomic mass is 19.1. The molecule has 1 unspecified atom stereocenters. The SMILES string of the molecule is COc1ccc(NC(=O)C2CC(=O)N(c3n[nH]c4cccc(F)c34)C2)cc1. The molecule has 0 saturated carbocycles. The molecule has 1 aromatic heterocycles. The minimum atomic E-state index is -0.543. The minimum absolute atomic E-state index is 0.0464. The highest BCUT2D eigenvalue weighted by Gasteiger charge is 2.37. The number of H-pyrrole nitrogens is 1. The standard InChI is InChI=1S/C19H17FN4O3/c1-27-13-7-5-12(6-8-13)21-19(26)11-9-16(25)24(10-11)18-17-14(20)3-2-4-15(17)22-23-18/h2-8,11H,9-10H2,1H3,(H,21,26)(H,22,23). The van der Waals surface area contributed by atoms with Crippen LogP contribution in [0.15, 0.2) is 42.5 Å². The van der Waals surface area contributed by atoms with Gasteiger partial charge in [0.15, 0.2) is 5.82 Å². The van der Waals surface area contributed by atoms with Gasteiger partial charge >= 0.3 is 0 Å². The first-order valence-electron chi connectivity index (χ1n) is 8.44. The lowest BCUT2D eigenvalue weighted by Gasteiger charge is -2.14. The maximum absolute atomic E-state index is 14.2. The number of anilines is 2. The Morgan fingerprint density at radius 3 is 2.81 bits per heavy atom. The molecule has 8 heteroatoms. The Bertz CT molecular complexity index is 1020. The van der Waals surface area contributed by atoms with Crippen molar-refractivity contribution in [1.82, 2.24) is 10.2 Å². The molecule has 1 atom stereocenters. The van der Waals surface area contributed by atoms with Crippen LogP contribution in [0.4, 0.5) is 15.9 Å². The Kier molecular flexibility index (Phi) is 4.23. The quantitative estimate of drug-likeness (QED) is 0.741. The van der Waals surface area contributed by atoms with Crippen molar-refractivity contribution in [3.05, 3.63) is 48.3 Å². The molecule has 2 amide bonds. The van der Waals surface area contributed by atoms with Crippen molar-refractivity contribution in [3.63, 3.8) is 0 Å². The van der Waals surface area contributed by atoms with E-state index < -0.39 is 11.7 Å². The van der Waals surface area contributed by atoms with Crippen LogP contribution in [0, 0.1) is 11.7 Å². The zero-order chi connectivity index (χ0) is 19.0. The van der Waals surface area contributed by atoms with Crippen molar-refractivity contribution < 1.29 is 18.7 Å². The molecule has 0 aliphatic carbocycles. The number of rotatable bonds is 4. The number of aromatic amines is 1. The van der Waals surface area contributed by atoms with Crippen LogP contribution in [0.1, 0.15) is 6.42 Å². The van der Waals surface area contributed by atoms with E-state index in [1.54, 1.807) is 43.5 Å². The van der Waals surface area contributed by atoms with E-state index in [4.69, 9.17) is 4.74 Å². The van der Waals surface area contributed by atoms with Crippen LogP contribution in [0.25, 0.3) is 10.9 Å². The Balaban J connectivity index is 1.52. The van der Waals surface area contributed by atoms with Gasteiger partial charge in [0, 0.05) is 18.7 Å². The zero-order valence-corrected chi connectivity index (χ0v) is 14.5. The van der Waals surface area contributed by atoms with Gasteiger partial charge in [-0.2, -0.15) is 5.10 Å². The largest absolute Gasteiger partial charge is 0.497 e. The third-order valence-corrected chi connectivity index (χ3v) is 4.63. The summed E-state index contributed by atoms with van der Waals surface area (Å²) in [5.41, 5.74) is 1.12. The van der Waals surface area contributed by atoms with Crippen LogP contribution in [0.5, 0.6) is 5.75 Å². The molecule has 0 radical (unpaired) electrons. The van der Waals surface area contributed by atoms with Crippen molar-refractivity contribution in [3.8, 4) is 5.75 Å². The number of nitrogens with zero attached hydrogens (tertiary/aromatic N) is 2. The number of ether oxygens (including phenoxy) is 1. The number of carbonyl (C=O) groups excluding carboxylic acids is 2. The fourth-order valence-electron chi connectivity index (χ4n) is 3.22. The van der Waals surface area contributed by atoms with Crippen LogP contribution < -0.4 is 15.0 Å². The van der Waals surface area contributed by atoms with Crippen molar-refractivity contribution in [2.75, 3.05) is 23.9 Å². The number of amides is 2. The molecule has 2 N–H and O–H groups in total. The predicted octanol–water partition coefficient (Wildman–Crippen LogP) is 2.70. The first-order valence-corrected chi connectivity index (χ1v) is 8.44. The Labute approximate surface area is 154 Å². The lowest BCUT2D eigenvalue weighted by molar-refractivity contribution is -0.122. The van der Waals surface area contributed by atoms with E-state index in [-0.39, 0.29) is 36.0 Å². The van der Waals surface area contributed by atoms with E-state index in [9.17, 15) is 14.0 Å². The summed E-state index contributed by atoms with van der Waals surface area (Å²) in [7, 11) is 1.56.